The molecule has 0 saturated heterocycles. The molecule has 0 aliphatic heterocycles. The normalized spacial score (nSPS) is 10.4. The molecule has 2 aromatic rings. The summed E-state index contributed by atoms with van der Waals surface area (Å²) in [7, 11) is 3.15. The number of carbonyl (C=O) groups is 2. The van der Waals surface area contributed by atoms with E-state index in [0.29, 0.717) is 23.7 Å². The lowest BCUT2D eigenvalue weighted by Gasteiger charge is -2.15. The number of carbonyl (C=O) groups excluding carboxylic acids is 2. The molecule has 0 aliphatic rings. The SMILES string of the molecule is CCCNC(=O)CN(C)C(=O)CSc1nnc(-c2ccccc2OC)o1. The average molecular weight is 378 g/mol. The Morgan fingerprint density at radius 1 is 1.31 bits per heavy atom. The highest BCUT2D eigenvalue weighted by Gasteiger charge is 2.17. The Morgan fingerprint density at radius 2 is 2.08 bits per heavy atom. The van der Waals surface area contributed by atoms with Crippen molar-refractivity contribution in [2.45, 2.75) is 18.6 Å². The van der Waals surface area contributed by atoms with E-state index >= 15 is 0 Å². The third-order valence-corrected chi connectivity index (χ3v) is 4.24. The van der Waals surface area contributed by atoms with Crippen molar-refractivity contribution in [1.82, 2.24) is 20.4 Å². The van der Waals surface area contributed by atoms with Crippen LogP contribution in [-0.4, -0.2) is 59.9 Å². The van der Waals surface area contributed by atoms with E-state index in [1.165, 1.54) is 4.90 Å². The fourth-order valence-corrected chi connectivity index (χ4v) is 2.76. The van der Waals surface area contributed by atoms with Gasteiger partial charge in [-0.2, -0.15) is 0 Å². The van der Waals surface area contributed by atoms with Crippen molar-refractivity contribution in [1.29, 1.82) is 0 Å². The monoisotopic (exact) mass is 378 g/mol. The van der Waals surface area contributed by atoms with Crippen LogP contribution in [0.1, 0.15) is 13.3 Å². The van der Waals surface area contributed by atoms with E-state index in [1.54, 1.807) is 20.2 Å². The quantitative estimate of drug-likeness (QED) is 0.665. The van der Waals surface area contributed by atoms with Gasteiger partial charge >= 0.3 is 0 Å². The van der Waals surface area contributed by atoms with E-state index in [2.05, 4.69) is 15.5 Å². The number of nitrogens with zero attached hydrogens (tertiary/aromatic N) is 3. The van der Waals surface area contributed by atoms with Crippen LogP contribution in [0.2, 0.25) is 0 Å². The molecule has 9 heteroatoms. The van der Waals surface area contributed by atoms with Crippen molar-refractivity contribution in [2.24, 2.45) is 0 Å². The average Bonchev–Trinajstić information content (AvgIpc) is 3.13. The number of hydrogen-bond donors (Lipinski definition) is 1. The number of rotatable bonds is 9. The lowest BCUT2D eigenvalue weighted by molar-refractivity contribution is -0.132. The topological polar surface area (TPSA) is 97.6 Å². The highest BCUT2D eigenvalue weighted by atomic mass is 32.2. The second-order valence-electron chi connectivity index (χ2n) is 5.46. The van der Waals surface area contributed by atoms with Crippen LogP contribution in [0.4, 0.5) is 0 Å². The molecule has 0 saturated carbocycles. The third-order valence-electron chi connectivity index (χ3n) is 3.44. The maximum atomic E-state index is 12.1. The van der Waals surface area contributed by atoms with Crippen molar-refractivity contribution in [3.05, 3.63) is 24.3 Å². The molecule has 0 bridgehead atoms. The van der Waals surface area contributed by atoms with Gasteiger partial charge in [0.15, 0.2) is 0 Å². The van der Waals surface area contributed by atoms with Crippen LogP contribution in [-0.2, 0) is 9.59 Å². The number of thioether (sulfide) groups is 1. The molecule has 1 aromatic heterocycles. The molecule has 8 nitrogen and oxygen atoms in total. The number of ether oxygens (including phenoxy) is 1. The molecule has 1 aromatic carbocycles. The van der Waals surface area contributed by atoms with Gasteiger partial charge in [-0.15, -0.1) is 10.2 Å². The Labute approximate surface area is 156 Å². The molecule has 0 spiro atoms. The van der Waals surface area contributed by atoms with Crippen LogP contribution >= 0.6 is 11.8 Å². The summed E-state index contributed by atoms with van der Waals surface area (Å²) in [5, 5.41) is 10.9. The second-order valence-corrected chi connectivity index (χ2v) is 6.39. The van der Waals surface area contributed by atoms with Crippen LogP contribution in [0.3, 0.4) is 0 Å². The van der Waals surface area contributed by atoms with E-state index in [1.807, 2.05) is 25.1 Å². The van der Waals surface area contributed by atoms with E-state index in [4.69, 9.17) is 9.15 Å². The third kappa shape index (κ3) is 5.48. The molecular weight excluding hydrogens is 356 g/mol. The molecule has 0 aliphatic carbocycles. The fourth-order valence-electron chi connectivity index (χ4n) is 2.06. The minimum absolute atomic E-state index is 0.0235. The summed E-state index contributed by atoms with van der Waals surface area (Å²) in [4.78, 5) is 25.1. The van der Waals surface area contributed by atoms with E-state index in [0.717, 1.165) is 18.2 Å². The second kappa shape index (κ2) is 9.81. The molecule has 0 fully saturated rings. The minimum Gasteiger partial charge on any atom is -0.496 e. The molecule has 140 valence electrons. The number of methoxy groups -OCH3 is 1. The first kappa shape index (κ1) is 19.8. The van der Waals surface area contributed by atoms with Crippen LogP contribution in [0.15, 0.2) is 33.9 Å². The standard InChI is InChI=1S/C17H22N4O4S/c1-4-9-18-14(22)10-21(2)15(23)11-26-17-20-19-16(25-17)12-7-5-6-8-13(12)24-3/h5-8H,4,9-11H2,1-3H3,(H,18,22). The van der Waals surface area contributed by atoms with Gasteiger partial charge in [-0.25, -0.2) is 0 Å². The number of para-hydroxylation sites is 1. The smallest absolute Gasteiger partial charge is 0.277 e. The Kier molecular flexibility index (Phi) is 7.46. The van der Waals surface area contributed by atoms with Gasteiger partial charge in [0.25, 0.3) is 11.1 Å². The summed E-state index contributed by atoms with van der Waals surface area (Å²) in [5.41, 5.74) is 0.686. The molecule has 1 heterocycles. The van der Waals surface area contributed by atoms with Gasteiger partial charge in [-0.1, -0.05) is 30.8 Å². The zero-order valence-electron chi connectivity index (χ0n) is 15.0. The highest BCUT2D eigenvalue weighted by molar-refractivity contribution is 7.99. The zero-order valence-corrected chi connectivity index (χ0v) is 15.8. The Morgan fingerprint density at radius 3 is 2.81 bits per heavy atom. The molecule has 1 N–H and O–H groups in total. The summed E-state index contributed by atoms with van der Waals surface area (Å²) in [6, 6.07) is 7.31. The van der Waals surface area contributed by atoms with Crippen molar-refractivity contribution >= 4 is 23.6 Å². The van der Waals surface area contributed by atoms with Crippen LogP contribution in [0, 0.1) is 0 Å². The van der Waals surface area contributed by atoms with Gasteiger partial charge < -0.3 is 19.4 Å². The summed E-state index contributed by atoms with van der Waals surface area (Å²) in [6.45, 7) is 2.59. The first-order chi connectivity index (χ1) is 12.5. The molecule has 0 atom stereocenters. The van der Waals surface area contributed by atoms with Gasteiger partial charge in [-0.05, 0) is 18.6 Å². The number of nitrogens with one attached hydrogen (secondary N) is 1. The van der Waals surface area contributed by atoms with Crippen molar-refractivity contribution in [3.63, 3.8) is 0 Å². The predicted molar refractivity (Wildman–Crippen MR) is 97.9 cm³/mol. The largest absolute Gasteiger partial charge is 0.496 e. The fraction of sp³-hybridized carbons (Fsp3) is 0.412. The number of amides is 2. The Balaban J connectivity index is 1.89. The maximum Gasteiger partial charge on any atom is 0.277 e. The first-order valence-electron chi connectivity index (χ1n) is 8.15. The molecule has 0 radical (unpaired) electrons. The zero-order chi connectivity index (χ0) is 18.9. The van der Waals surface area contributed by atoms with Gasteiger partial charge in [0.1, 0.15) is 5.75 Å². The molecule has 26 heavy (non-hydrogen) atoms. The summed E-state index contributed by atoms with van der Waals surface area (Å²) >= 11 is 1.13. The predicted octanol–water partition coefficient (Wildman–Crippen LogP) is 1.82. The maximum absolute atomic E-state index is 12.1. The molecule has 2 rings (SSSR count). The van der Waals surface area contributed by atoms with Gasteiger partial charge in [0.2, 0.25) is 11.8 Å². The number of aromatic nitrogens is 2. The van der Waals surface area contributed by atoms with Crippen molar-refractivity contribution < 1.29 is 18.7 Å². The molecule has 0 unspecified atom stereocenters. The summed E-state index contributed by atoms with van der Waals surface area (Å²) in [6.07, 6.45) is 0.852. The van der Waals surface area contributed by atoms with Gasteiger partial charge in [-0.3, -0.25) is 9.59 Å². The van der Waals surface area contributed by atoms with Gasteiger partial charge in [0, 0.05) is 13.6 Å². The first-order valence-corrected chi connectivity index (χ1v) is 9.14. The molecular formula is C17H22N4O4S. The number of likely N-dealkylation sites (N-methyl/N-ethyl adjacent to an activating group) is 1. The van der Waals surface area contributed by atoms with Crippen molar-refractivity contribution in [3.8, 4) is 17.2 Å². The number of benzene rings is 1. The summed E-state index contributed by atoms with van der Waals surface area (Å²) in [5.74, 6) is 0.680. The lowest BCUT2D eigenvalue weighted by atomic mass is 10.2. The lowest BCUT2D eigenvalue weighted by Crippen LogP contribution is -2.39. The van der Waals surface area contributed by atoms with E-state index in [-0.39, 0.29) is 29.3 Å². The van der Waals surface area contributed by atoms with E-state index < -0.39 is 0 Å². The van der Waals surface area contributed by atoms with Crippen LogP contribution in [0.5, 0.6) is 5.75 Å². The summed E-state index contributed by atoms with van der Waals surface area (Å²) < 4.78 is 10.9. The highest BCUT2D eigenvalue weighted by Crippen LogP contribution is 2.30. The van der Waals surface area contributed by atoms with Crippen LogP contribution < -0.4 is 10.1 Å². The van der Waals surface area contributed by atoms with Gasteiger partial charge in [0.05, 0.1) is 25.0 Å². The Hall–Kier alpha value is -2.55. The number of hydrogen-bond acceptors (Lipinski definition) is 7. The Bertz CT molecular complexity index is 750. The van der Waals surface area contributed by atoms with Crippen LogP contribution in [0.25, 0.3) is 11.5 Å². The molecule has 2 amide bonds. The van der Waals surface area contributed by atoms with Crippen molar-refractivity contribution in [2.75, 3.05) is 33.0 Å². The minimum atomic E-state index is -0.196. The van der Waals surface area contributed by atoms with E-state index in [9.17, 15) is 9.59 Å².